The van der Waals surface area contributed by atoms with Crippen LogP contribution in [0.2, 0.25) is 0 Å². The zero-order valence-electron chi connectivity index (χ0n) is 9.91. The third-order valence-electron chi connectivity index (χ3n) is 3.59. The molecular weight excluding hydrogens is 202 g/mol. The highest BCUT2D eigenvalue weighted by molar-refractivity contribution is 5.81. The van der Waals surface area contributed by atoms with E-state index in [0.717, 1.165) is 11.3 Å². The van der Waals surface area contributed by atoms with Crippen molar-refractivity contribution in [3.63, 3.8) is 0 Å². The van der Waals surface area contributed by atoms with Gasteiger partial charge in [0.1, 0.15) is 5.75 Å². The number of amides is 1. The summed E-state index contributed by atoms with van der Waals surface area (Å²) in [6, 6.07) is 8.11. The van der Waals surface area contributed by atoms with E-state index in [1.807, 2.05) is 25.1 Å². The molecule has 0 saturated carbocycles. The Labute approximate surface area is 95.8 Å². The van der Waals surface area contributed by atoms with Gasteiger partial charge in [0, 0.05) is 17.9 Å². The summed E-state index contributed by atoms with van der Waals surface area (Å²) in [5.74, 6) is 0.961. The number of hydrogen-bond acceptors (Lipinski definition) is 2. The molecule has 1 aliphatic rings. The molecule has 1 amide bonds. The van der Waals surface area contributed by atoms with Crippen molar-refractivity contribution in [1.29, 1.82) is 0 Å². The summed E-state index contributed by atoms with van der Waals surface area (Å²) in [6.45, 7) is 4.16. The molecule has 1 aromatic rings. The molecule has 86 valence electrons. The van der Waals surface area contributed by atoms with Crippen LogP contribution in [0.1, 0.15) is 25.8 Å². The highest BCUT2D eigenvalue weighted by Gasteiger charge is 2.41. The quantitative estimate of drug-likeness (QED) is 0.824. The van der Waals surface area contributed by atoms with E-state index in [0.29, 0.717) is 6.42 Å². The van der Waals surface area contributed by atoms with E-state index in [9.17, 15) is 4.79 Å². The van der Waals surface area contributed by atoms with Crippen molar-refractivity contribution in [3.05, 3.63) is 29.8 Å². The topological polar surface area (TPSA) is 38.3 Å². The number of carbonyl (C=O) groups is 1. The zero-order chi connectivity index (χ0) is 11.8. The first-order valence-corrected chi connectivity index (χ1v) is 5.50. The molecule has 2 unspecified atom stereocenters. The molecule has 0 radical (unpaired) electrons. The van der Waals surface area contributed by atoms with Crippen LogP contribution in [0.25, 0.3) is 0 Å². The summed E-state index contributed by atoms with van der Waals surface area (Å²) < 4.78 is 5.22. The molecule has 1 heterocycles. The van der Waals surface area contributed by atoms with Crippen LogP contribution >= 0.6 is 0 Å². The zero-order valence-corrected chi connectivity index (χ0v) is 9.91. The van der Waals surface area contributed by atoms with Crippen molar-refractivity contribution in [1.82, 2.24) is 5.32 Å². The van der Waals surface area contributed by atoms with E-state index < -0.39 is 0 Å². The maximum Gasteiger partial charge on any atom is 0.221 e. The van der Waals surface area contributed by atoms with Crippen LogP contribution < -0.4 is 10.1 Å². The maximum absolute atomic E-state index is 11.5. The van der Waals surface area contributed by atoms with E-state index in [1.54, 1.807) is 7.11 Å². The average molecular weight is 219 g/mol. The fourth-order valence-corrected chi connectivity index (χ4v) is 2.27. The molecule has 1 aromatic carbocycles. The van der Waals surface area contributed by atoms with Gasteiger partial charge in [0.15, 0.2) is 0 Å². The molecule has 1 saturated heterocycles. The van der Waals surface area contributed by atoms with Gasteiger partial charge in [-0.15, -0.1) is 0 Å². The van der Waals surface area contributed by atoms with Gasteiger partial charge in [0.25, 0.3) is 0 Å². The summed E-state index contributed by atoms with van der Waals surface area (Å²) in [5.41, 5.74) is 1.02. The van der Waals surface area contributed by atoms with Gasteiger partial charge in [-0.3, -0.25) is 4.79 Å². The summed E-state index contributed by atoms with van der Waals surface area (Å²) in [7, 11) is 1.66. The van der Waals surface area contributed by atoms with Gasteiger partial charge in [0.2, 0.25) is 5.91 Å². The number of carbonyl (C=O) groups excluding carboxylic acids is 1. The standard InChI is InChI=1S/C13H17NO2/c1-9-13(2,8-12(15)14-9)10-5-4-6-11(7-10)16-3/h4-7,9H,8H2,1-3H3,(H,14,15). The van der Waals surface area contributed by atoms with Gasteiger partial charge in [-0.2, -0.15) is 0 Å². The highest BCUT2D eigenvalue weighted by atomic mass is 16.5. The van der Waals surface area contributed by atoms with Crippen LogP contribution in [0, 0.1) is 0 Å². The minimum atomic E-state index is -0.133. The molecule has 3 nitrogen and oxygen atoms in total. The summed E-state index contributed by atoms with van der Waals surface area (Å²) in [4.78, 5) is 11.5. The molecule has 0 aromatic heterocycles. The molecule has 0 bridgehead atoms. The molecule has 1 N–H and O–H groups in total. The van der Waals surface area contributed by atoms with Crippen molar-refractivity contribution < 1.29 is 9.53 Å². The number of methoxy groups -OCH3 is 1. The second-order valence-electron chi connectivity index (χ2n) is 4.62. The lowest BCUT2D eigenvalue weighted by Crippen LogP contribution is -2.35. The maximum atomic E-state index is 11.5. The predicted octanol–water partition coefficient (Wildman–Crippen LogP) is 1.86. The normalized spacial score (nSPS) is 28.9. The summed E-state index contributed by atoms with van der Waals surface area (Å²) in [6.07, 6.45) is 0.543. The van der Waals surface area contributed by atoms with E-state index in [1.165, 1.54) is 0 Å². The fourth-order valence-electron chi connectivity index (χ4n) is 2.27. The lowest BCUT2D eigenvalue weighted by Gasteiger charge is -2.28. The van der Waals surface area contributed by atoms with Crippen LogP contribution in [0.15, 0.2) is 24.3 Å². The van der Waals surface area contributed by atoms with Crippen LogP contribution in [-0.4, -0.2) is 19.1 Å². The van der Waals surface area contributed by atoms with Gasteiger partial charge in [-0.1, -0.05) is 19.1 Å². The SMILES string of the molecule is COc1cccc(C2(C)CC(=O)NC2C)c1. The van der Waals surface area contributed by atoms with Crippen LogP contribution in [0.3, 0.4) is 0 Å². The number of benzene rings is 1. The molecule has 0 spiro atoms. The van der Waals surface area contributed by atoms with Gasteiger partial charge in [-0.25, -0.2) is 0 Å². The van der Waals surface area contributed by atoms with E-state index in [4.69, 9.17) is 4.74 Å². The Bertz CT molecular complexity index is 416. The number of nitrogens with one attached hydrogen (secondary N) is 1. The van der Waals surface area contributed by atoms with E-state index in [-0.39, 0.29) is 17.4 Å². The Morgan fingerprint density at radius 3 is 2.81 bits per heavy atom. The Morgan fingerprint density at radius 2 is 2.25 bits per heavy atom. The molecule has 3 heteroatoms. The first kappa shape index (κ1) is 11.0. The Morgan fingerprint density at radius 1 is 1.50 bits per heavy atom. The van der Waals surface area contributed by atoms with Gasteiger partial charge >= 0.3 is 0 Å². The smallest absolute Gasteiger partial charge is 0.221 e. The largest absolute Gasteiger partial charge is 0.497 e. The monoisotopic (exact) mass is 219 g/mol. The first-order valence-electron chi connectivity index (χ1n) is 5.50. The lowest BCUT2D eigenvalue weighted by molar-refractivity contribution is -0.119. The minimum absolute atomic E-state index is 0.123. The van der Waals surface area contributed by atoms with E-state index >= 15 is 0 Å². The Hall–Kier alpha value is -1.51. The average Bonchev–Trinajstić information content (AvgIpc) is 2.54. The van der Waals surface area contributed by atoms with Crippen molar-refractivity contribution in [3.8, 4) is 5.75 Å². The van der Waals surface area contributed by atoms with Crippen LogP contribution in [0.5, 0.6) is 5.75 Å². The molecule has 2 atom stereocenters. The molecule has 2 rings (SSSR count). The Balaban J connectivity index is 2.39. The number of hydrogen-bond donors (Lipinski definition) is 1. The molecule has 1 aliphatic heterocycles. The molecular formula is C13H17NO2. The number of rotatable bonds is 2. The van der Waals surface area contributed by atoms with Crippen molar-refractivity contribution in [2.75, 3.05) is 7.11 Å². The van der Waals surface area contributed by atoms with Gasteiger partial charge in [0.05, 0.1) is 7.11 Å². The lowest BCUT2D eigenvalue weighted by atomic mass is 9.76. The third kappa shape index (κ3) is 1.66. The second kappa shape index (κ2) is 3.81. The first-order chi connectivity index (χ1) is 7.56. The van der Waals surface area contributed by atoms with Gasteiger partial charge < -0.3 is 10.1 Å². The minimum Gasteiger partial charge on any atom is -0.497 e. The molecule has 16 heavy (non-hydrogen) atoms. The Kier molecular flexibility index (Phi) is 2.62. The predicted molar refractivity (Wildman–Crippen MR) is 62.6 cm³/mol. The molecule has 0 aliphatic carbocycles. The van der Waals surface area contributed by atoms with Crippen molar-refractivity contribution >= 4 is 5.91 Å². The third-order valence-corrected chi connectivity index (χ3v) is 3.59. The van der Waals surface area contributed by atoms with Crippen LogP contribution in [-0.2, 0) is 10.2 Å². The van der Waals surface area contributed by atoms with Crippen molar-refractivity contribution in [2.45, 2.75) is 31.7 Å². The van der Waals surface area contributed by atoms with Crippen molar-refractivity contribution in [2.24, 2.45) is 0 Å². The second-order valence-corrected chi connectivity index (χ2v) is 4.62. The van der Waals surface area contributed by atoms with Gasteiger partial charge in [-0.05, 0) is 24.6 Å². The fraction of sp³-hybridized carbons (Fsp3) is 0.462. The van der Waals surface area contributed by atoms with E-state index in [2.05, 4.69) is 18.3 Å². The highest BCUT2D eigenvalue weighted by Crippen LogP contribution is 2.36. The summed E-state index contributed by atoms with van der Waals surface area (Å²) in [5, 5.41) is 2.96. The van der Waals surface area contributed by atoms with Crippen LogP contribution in [0.4, 0.5) is 0 Å². The number of ether oxygens (including phenoxy) is 1. The summed E-state index contributed by atoms with van der Waals surface area (Å²) >= 11 is 0. The molecule has 1 fully saturated rings.